The number of hydrogen-bond acceptors (Lipinski definition) is 0. The van der Waals surface area contributed by atoms with Gasteiger partial charge in [-0.15, -0.1) is 0 Å². The number of rotatable bonds is 6. The van der Waals surface area contributed by atoms with Crippen molar-refractivity contribution in [3.8, 4) is 0 Å². The maximum Gasteiger partial charge on any atom is -0.0414 e. The highest BCUT2D eigenvalue weighted by Crippen LogP contribution is 2.26. The number of hydrogen-bond donors (Lipinski definition) is 0. The third-order valence-corrected chi connectivity index (χ3v) is 4.62. The Kier molecular flexibility index (Phi) is 9.70. The van der Waals surface area contributed by atoms with Gasteiger partial charge in [-0.2, -0.15) is 0 Å². The van der Waals surface area contributed by atoms with Crippen molar-refractivity contribution in [2.75, 3.05) is 0 Å². The van der Waals surface area contributed by atoms with Crippen molar-refractivity contribution in [1.82, 2.24) is 0 Å². The summed E-state index contributed by atoms with van der Waals surface area (Å²) in [6.07, 6.45) is 21.0. The van der Waals surface area contributed by atoms with Crippen molar-refractivity contribution in [2.45, 2.75) is 104 Å². The van der Waals surface area contributed by atoms with E-state index in [0.717, 1.165) is 11.8 Å². The van der Waals surface area contributed by atoms with Gasteiger partial charge in [-0.3, -0.25) is 0 Å². The zero-order valence-corrected chi connectivity index (χ0v) is 13.1. The summed E-state index contributed by atoms with van der Waals surface area (Å²) in [5.41, 5.74) is 0. The predicted octanol–water partition coefficient (Wildman–Crippen LogP) is 6.73. The second-order valence-corrected chi connectivity index (χ2v) is 6.95. The lowest BCUT2D eigenvalue weighted by Crippen LogP contribution is -2.02. The fourth-order valence-electron chi connectivity index (χ4n) is 3.35. The molecule has 0 bridgehead atoms. The Morgan fingerprint density at radius 3 is 1.83 bits per heavy atom. The minimum atomic E-state index is 0.902. The molecule has 0 nitrogen and oxygen atoms in total. The highest BCUT2D eigenvalue weighted by molar-refractivity contribution is 4.63. The molecule has 0 heteroatoms. The second-order valence-electron chi connectivity index (χ2n) is 6.95. The summed E-state index contributed by atoms with van der Waals surface area (Å²) in [5.74, 6) is 1.97. The van der Waals surface area contributed by atoms with Crippen LogP contribution < -0.4 is 0 Å². The molecular formula is C18H36. The molecule has 0 unspecified atom stereocenters. The molecule has 0 saturated heterocycles. The summed E-state index contributed by atoms with van der Waals surface area (Å²) in [6, 6.07) is 0. The largest absolute Gasteiger partial charge is 0.0628 e. The summed E-state index contributed by atoms with van der Waals surface area (Å²) in [6.45, 7) is 4.70. The molecule has 0 aromatic carbocycles. The summed E-state index contributed by atoms with van der Waals surface area (Å²) in [7, 11) is 0. The van der Waals surface area contributed by atoms with Crippen LogP contribution in [0.2, 0.25) is 0 Å². The SMILES string of the molecule is CC(C)CCCCCC1CCCCCCCCC1. The fraction of sp³-hybridized carbons (Fsp3) is 1.00. The summed E-state index contributed by atoms with van der Waals surface area (Å²) in [5, 5.41) is 0. The molecule has 0 aromatic heterocycles. The maximum atomic E-state index is 2.35. The highest BCUT2D eigenvalue weighted by Gasteiger charge is 2.09. The van der Waals surface area contributed by atoms with Crippen molar-refractivity contribution in [3.05, 3.63) is 0 Å². The summed E-state index contributed by atoms with van der Waals surface area (Å²) in [4.78, 5) is 0. The van der Waals surface area contributed by atoms with Gasteiger partial charge in [0.1, 0.15) is 0 Å². The van der Waals surface area contributed by atoms with Crippen molar-refractivity contribution in [2.24, 2.45) is 11.8 Å². The molecule has 1 aliphatic rings. The Balaban J connectivity index is 2.05. The van der Waals surface area contributed by atoms with Gasteiger partial charge in [0.15, 0.2) is 0 Å². The molecule has 18 heavy (non-hydrogen) atoms. The Labute approximate surface area is 116 Å². The quantitative estimate of drug-likeness (QED) is 0.459. The standard InChI is InChI=1S/C18H36/c1-17(2)13-9-8-12-16-18-14-10-6-4-3-5-7-11-15-18/h17-18H,3-16H2,1-2H3. The molecule has 1 aliphatic carbocycles. The predicted molar refractivity (Wildman–Crippen MR) is 83.0 cm³/mol. The van der Waals surface area contributed by atoms with Crippen LogP contribution in [0.1, 0.15) is 104 Å². The Morgan fingerprint density at radius 2 is 1.28 bits per heavy atom. The second kappa shape index (κ2) is 10.9. The lowest BCUT2D eigenvalue weighted by molar-refractivity contribution is 0.354. The van der Waals surface area contributed by atoms with Crippen LogP contribution in [0, 0.1) is 11.8 Å². The third kappa shape index (κ3) is 9.00. The lowest BCUT2D eigenvalue weighted by Gasteiger charge is -2.18. The van der Waals surface area contributed by atoms with Crippen LogP contribution in [0.3, 0.4) is 0 Å². The fourth-order valence-corrected chi connectivity index (χ4v) is 3.35. The Hall–Kier alpha value is 0. The van der Waals surface area contributed by atoms with Gasteiger partial charge in [-0.25, -0.2) is 0 Å². The van der Waals surface area contributed by atoms with E-state index >= 15 is 0 Å². The summed E-state index contributed by atoms with van der Waals surface area (Å²) >= 11 is 0. The van der Waals surface area contributed by atoms with E-state index in [2.05, 4.69) is 13.8 Å². The van der Waals surface area contributed by atoms with Crippen molar-refractivity contribution in [1.29, 1.82) is 0 Å². The van der Waals surface area contributed by atoms with Gasteiger partial charge in [0, 0.05) is 0 Å². The molecule has 0 spiro atoms. The van der Waals surface area contributed by atoms with E-state index in [9.17, 15) is 0 Å². The minimum absolute atomic E-state index is 0.902. The first-order chi connectivity index (χ1) is 8.79. The maximum absolute atomic E-state index is 2.35. The van der Waals surface area contributed by atoms with Crippen LogP contribution in [-0.4, -0.2) is 0 Å². The van der Waals surface area contributed by atoms with E-state index in [1.807, 2.05) is 0 Å². The first-order valence-electron chi connectivity index (χ1n) is 8.79. The molecule has 0 aliphatic heterocycles. The van der Waals surface area contributed by atoms with Crippen LogP contribution in [0.15, 0.2) is 0 Å². The van der Waals surface area contributed by atoms with Crippen molar-refractivity contribution >= 4 is 0 Å². The molecule has 0 amide bonds. The van der Waals surface area contributed by atoms with Gasteiger partial charge >= 0.3 is 0 Å². The minimum Gasteiger partial charge on any atom is -0.0628 e. The van der Waals surface area contributed by atoms with E-state index in [0.29, 0.717) is 0 Å². The molecule has 1 fully saturated rings. The van der Waals surface area contributed by atoms with Gasteiger partial charge in [0.2, 0.25) is 0 Å². The molecule has 0 N–H and O–H groups in total. The van der Waals surface area contributed by atoms with Crippen LogP contribution in [0.5, 0.6) is 0 Å². The van der Waals surface area contributed by atoms with E-state index in [1.54, 1.807) is 0 Å². The lowest BCUT2D eigenvalue weighted by atomic mass is 9.88. The van der Waals surface area contributed by atoms with E-state index in [4.69, 9.17) is 0 Å². The molecule has 0 aromatic rings. The van der Waals surface area contributed by atoms with Gasteiger partial charge in [0.05, 0.1) is 0 Å². The normalized spacial score (nSPS) is 20.2. The highest BCUT2D eigenvalue weighted by atomic mass is 14.2. The smallest absolute Gasteiger partial charge is 0.0414 e. The third-order valence-electron chi connectivity index (χ3n) is 4.62. The molecular weight excluding hydrogens is 216 g/mol. The molecule has 108 valence electrons. The van der Waals surface area contributed by atoms with Gasteiger partial charge in [-0.05, 0) is 11.8 Å². The molecule has 0 heterocycles. The number of unbranched alkanes of at least 4 members (excludes halogenated alkanes) is 2. The zero-order chi connectivity index (χ0) is 13.1. The van der Waals surface area contributed by atoms with Crippen LogP contribution >= 0.6 is 0 Å². The van der Waals surface area contributed by atoms with Gasteiger partial charge in [-0.1, -0.05) is 104 Å². The molecule has 1 saturated carbocycles. The van der Waals surface area contributed by atoms with Gasteiger partial charge < -0.3 is 0 Å². The Morgan fingerprint density at radius 1 is 0.722 bits per heavy atom. The monoisotopic (exact) mass is 252 g/mol. The van der Waals surface area contributed by atoms with Crippen LogP contribution in [-0.2, 0) is 0 Å². The van der Waals surface area contributed by atoms with E-state index < -0.39 is 0 Å². The first kappa shape index (κ1) is 16.1. The van der Waals surface area contributed by atoms with E-state index in [1.165, 1.54) is 89.9 Å². The zero-order valence-electron chi connectivity index (χ0n) is 13.1. The average molecular weight is 252 g/mol. The van der Waals surface area contributed by atoms with Crippen LogP contribution in [0.25, 0.3) is 0 Å². The van der Waals surface area contributed by atoms with Crippen LogP contribution in [0.4, 0.5) is 0 Å². The Bertz CT molecular complexity index is 161. The molecule has 0 radical (unpaired) electrons. The molecule has 0 atom stereocenters. The average Bonchev–Trinajstić information content (AvgIpc) is 2.36. The topological polar surface area (TPSA) is 0 Å². The molecule has 1 rings (SSSR count). The van der Waals surface area contributed by atoms with Crippen molar-refractivity contribution in [3.63, 3.8) is 0 Å². The summed E-state index contributed by atoms with van der Waals surface area (Å²) < 4.78 is 0. The van der Waals surface area contributed by atoms with E-state index in [-0.39, 0.29) is 0 Å². The van der Waals surface area contributed by atoms with Gasteiger partial charge in [0.25, 0.3) is 0 Å². The van der Waals surface area contributed by atoms with Crippen molar-refractivity contribution < 1.29 is 0 Å². The first-order valence-corrected chi connectivity index (χ1v) is 8.79.